The molecule has 140 valence electrons. The van der Waals surface area contributed by atoms with Gasteiger partial charge in [0.1, 0.15) is 6.61 Å². The Morgan fingerprint density at radius 3 is 2.21 bits per heavy atom. The SMILES string of the molecule is O=C(Nc1nc(C(=O)O)ccc1Br)OCC1c2ccccc2-c2ccccc21. The second-order valence-corrected chi connectivity index (χ2v) is 7.14. The van der Waals surface area contributed by atoms with Crippen molar-refractivity contribution in [2.24, 2.45) is 0 Å². The Balaban J connectivity index is 1.50. The Hall–Kier alpha value is -3.19. The first-order valence-corrected chi connectivity index (χ1v) is 9.35. The van der Waals surface area contributed by atoms with Crippen LogP contribution in [-0.2, 0) is 4.74 Å². The number of hydrogen-bond donors (Lipinski definition) is 2. The summed E-state index contributed by atoms with van der Waals surface area (Å²) in [5, 5.41) is 11.5. The van der Waals surface area contributed by atoms with Crippen LogP contribution < -0.4 is 5.32 Å². The normalized spacial score (nSPS) is 12.2. The van der Waals surface area contributed by atoms with Crippen LogP contribution >= 0.6 is 15.9 Å². The molecule has 0 atom stereocenters. The lowest BCUT2D eigenvalue weighted by Crippen LogP contribution is -2.19. The Labute approximate surface area is 169 Å². The van der Waals surface area contributed by atoms with Crippen LogP contribution in [0.2, 0.25) is 0 Å². The molecule has 0 spiro atoms. The number of aromatic nitrogens is 1. The number of nitrogens with zero attached hydrogens (tertiary/aromatic N) is 1. The van der Waals surface area contributed by atoms with Crippen molar-refractivity contribution in [3.8, 4) is 11.1 Å². The molecule has 1 aromatic heterocycles. The molecule has 2 N–H and O–H groups in total. The highest BCUT2D eigenvalue weighted by molar-refractivity contribution is 9.10. The van der Waals surface area contributed by atoms with Gasteiger partial charge in [0.25, 0.3) is 0 Å². The van der Waals surface area contributed by atoms with Gasteiger partial charge in [-0.3, -0.25) is 5.32 Å². The van der Waals surface area contributed by atoms with Crippen LogP contribution in [-0.4, -0.2) is 28.8 Å². The van der Waals surface area contributed by atoms with Crippen molar-refractivity contribution in [2.45, 2.75) is 5.92 Å². The Kier molecular flexibility index (Phi) is 4.83. The number of pyridine rings is 1. The Bertz CT molecular complexity index is 1040. The number of carboxylic acids is 1. The van der Waals surface area contributed by atoms with E-state index >= 15 is 0 Å². The standard InChI is InChI=1S/C21H15BrN2O4/c22-17-9-10-18(20(25)26)23-19(17)24-21(27)28-11-16-14-7-3-1-5-12(14)13-6-2-4-8-15(13)16/h1-10,16H,11H2,(H,25,26)(H,23,24,27). The van der Waals surface area contributed by atoms with Gasteiger partial charge in [-0.2, -0.15) is 0 Å². The van der Waals surface area contributed by atoms with Gasteiger partial charge in [-0.1, -0.05) is 48.5 Å². The molecule has 1 aliphatic rings. The molecular formula is C21H15BrN2O4. The van der Waals surface area contributed by atoms with Gasteiger partial charge in [0, 0.05) is 5.92 Å². The van der Waals surface area contributed by atoms with Crippen LogP contribution in [0.4, 0.5) is 10.6 Å². The summed E-state index contributed by atoms with van der Waals surface area (Å²) in [5.41, 5.74) is 4.35. The molecule has 0 saturated carbocycles. The molecule has 1 aliphatic carbocycles. The number of nitrogens with one attached hydrogen (secondary N) is 1. The molecule has 1 heterocycles. The molecule has 0 aliphatic heterocycles. The molecule has 2 aromatic carbocycles. The molecule has 28 heavy (non-hydrogen) atoms. The maximum absolute atomic E-state index is 12.3. The van der Waals surface area contributed by atoms with Gasteiger partial charge in [-0.15, -0.1) is 0 Å². The number of anilines is 1. The zero-order chi connectivity index (χ0) is 19.7. The second-order valence-electron chi connectivity index (χ2n) is 6.28. The van der Waals surface area contributed by atoms with E-state index in [4.69, 9.17) is 9.84 Å². The largest absolute Gasteiger partial charge is 0.477 e. The van der Waals surface area contributed by atoms with Crippen LogP contribution in [0.5, 0.6) is 0 Å². The summed E-state index contributed by atoms with van der Waals surface area (Å²) in [4.78, 5) is 27.3. The van der Waals surface area contributed by atoms with Gasteiger partial charge in [-0.25, -0.2) is 14.6 Å². The first-order valence-electron chi connectivity index (χ1n) is 8.56. The molecule has 4 rings (SSSR count). The van der Waals surface area contributed by atoms with E-state index in [-0.39, 0.29) is 24.0 Å². The second kappa shape index (κ2) is 7.44. The monoisotopic (exact) mass is 438 g/mol. The number of amides is 1. The van der Waals surface area contributed by atoms with Gasteiger partial charge in [-0.05, 0) is 50.3 Å². The van der Waals surface area contributed by atoms with E-state index < -0.39 is 12.1 Å². The predicted molar refractivity (Wildman–Crippen MR) is 108 cm³/mol. The Morgan fingerprint density at radius 1 is 1.00 bits per heavy atom. The summed E-state index contributed by atoms with van der Waals surface area (Å²) in [6.07, 6.45) is -0.697. The first kappa shape index (κ1) is 18.2. The molecule has 1 amide bonds. The highest BCUT2D eigenvalue weighted by Crippen LogP contribution is 2.44. The maximum atomic E-state index is 12.3. The zero-order valence-corrected chi connectivity index (χ0v) is 16.1. The fraction of sp³-hybridized carbons (Fsp3) is 0.0952. The molecule has 0 saturated heterocycles. The van der Waals surface area contributed by atoms with Crippen molar-refractivity contribution in [1.29, 1.82) is 0 Å². The summed E-state index contributed by atoms with van der Waals surface area (Å²) in [6, 6.07) is 19.0. The number of halogens is 1. The Morgan fingerprint density at radius 2 is 1.61 bits per heavy atom. The quantitative estimate of drug-likeness (QED) is 0.604. The van der Waals surface area contributed by atoms with Crippen molar-refractivity contribution in [3.63, 3.8) is 0 Å². The van der Waals surface area contributed by atoms with Crippen molar-refractivity contribution in [1.82, 2.24) is 4.98 Å². The van der Waals surface area contributed by atoms with Gasteiger partial charge in [0.15, 0.2) is 11.5 Å². The smallest absolute Gasteiger partial charge is 0.412 e. The average molecular weight is 439 g/mol. The molecule has 0 fully saturated rings. The van der Waals surface area contributed by atoms with Gasteiger partial charge >= 0.3 is 12.1 Å². The van der Waals surface area contributed by atoms with Gasteiger partial charge in [0.2, 0.25) is 0 Å². The van der Waals surface area contributed by atoms with E-state index in [1.54, 1.807) is 0 Å². The van der Waals surface area contributed by atoms with Crippen LogP contribution in [0.15, 0.2) is 65.1 Å². The zero-order valence-electron chi connectivity index (χ0n) is 14.6. The number of carbonyl (C=O) groups excluding carboxylic acids is 1. The van der Waals surface area contributed by atoms with E-state index in [1.807, 2.05) is 36.4 Å². The van der Waals surface area contributed by atoms with Crippen LogP contribution in [0.3, 0.4) is 0 Å². The predicted octanol–water partition coefficient (Wildman–Crippen LogP) is 4.90. The van der Waals surface area contributed by atoms with Gasteiger partial charge < -0.3 is 9.84 Å². The minimum atomic E-state index is -1.18. The average Bonchev–Trinajstić information content (AvgIpc) is 3.02. The fourth-order valence-corrected chi connectivity index (χ4v) is 3.70. The lowest BCUT2D eigenvalue weighted by atomic mass is 9.98. The van der Waals surface area contributed by atoms with Crippen molar-refractivity contribution < 1.29 is 19.4 Å². The van der Waals surface area contributed by atoms with Crippen molar-refractivity contribution in [3.05, 3.63) is 82.0 Å². The fourth-order valence-electron chi connectivity index (χ4n) is 3.38. The summed E-state index contributed by atoms with van der Waals surface area (Å²) < 4.78 is 5.90. The van der Waals surface area contributed by atoms with E-state index in [0.717, 1.165) is 22.3 Å². The van der Waals surface area contributed by atoms with E-state index in [1.165, 1.54) is 12.1 Å². The summed E-state index contributed by atoms with van der Waals surface area (Å²) in [6.45, 7) is 0.163. The molecule has 3 aromatic rings. The highest BCUT2D eigenvalue weighted by atomic mass is 79.9. The lowest BCUT2D eigenvalue weighted by Gasteiger charge is -2.14. The minimum Gasteiger partial charge on any atom is -0.477 e. The molecular weight excluding hydrogens is 424 g/mol. The van der Waals surface area contributed by atoms with E-state index in [9.17, 15) is 9.59 Å². The van der Waals surface area contributed by atoms with Crippen molar-refractivity contribution in [2.75, 3.05) is 11.9 Å². The van der Waals surface area contributed by atoms with Crippen molar-refractivity contribution >= 4 is 33.8 Å². The maximum Gasteiger partial charge on any atom is 0.412 e. The summed E-state index contributed by atoms with van der Waals surface area (Å²) in [5.74, 6) is -1.14. The van der Waals surface area contributed by atoms with Crippen LogP contribution in [0.1, 0.15) is 27.5 Å². The van der Waals surface area contributed by atoms with Crippen LogP contribution in [0.25, 0.3) is 11.1 Å². The number of carboxylic acid groups (broad SMARTS) is 1. The number of carbonyl (C=O) groups is 2. The number of benzene rings is 2. The third kappa shape index (κ3) is 3.36. The topological polar surface area (TPSA) is 88.5 Å². The van der Waals surface area contributed by atoms with Crippen LogP contribution in [0, 0.1) is 0 Å². The minimum absolute atomic E-state index is 0.0556. The number of hydrogen-bond acceptors (Lipinski definition) is 4. The third-order valence-corrected chi connectivity index (χ3v) is 5.27. The molecule has 0 unspecified atom stereocenters. The first-order chi connectivity index (χ1) is 13.5. The molecule has 0 radical (unpaired) electrons. The highest BCUT2D eigenvalue weighted by Gasteiger charge is 2.29. The number of fused-ring (bicyclic) bond motifs is 3. The molecule has 0 bridgehead atoms. The lowest BCUT2D eigenvalue weighted by molar-refractivity contribution is 0.0690. The van der Waals surface area contributed by atoms with E-state index in [0.29, 0.717) is 4.47 Å². The number of ether oxygens (including phenoxy) is 1. The van der Waals surface area contributed by atoms with Gasteiger partial charge in [0.05, 0.1) is 4.47 Å². The van der Waals surface area contributed by atoms with E-state index in [2.05, 4.69) is 38.4 Å². The summed E-state index contributed by atoms with van der Waals surface area (Å²) >= 11 is 3.24. The molecule has 7 heteroatoms. The number of aromatic carboxylic acids is 1. The third-order valence-electron chi connectivity index (χ3n) is 4.63. The molecule has 6 nitrogen and oxygen atoms in total. The summed E-state index contributed by atoms with van der Waals surface area (Å²) in [7, 11) is 0. The number of rotatable bonds is 4.